The predicted molar refractivity (Wildman–Crippen MR) is 93.3 cm³/mol. The molecular formula is C19H24N2O4. The molecule has 3 rings (SSSR count). The van der Waals surface area contributed by atoms with Gasteiger partial charge < -0.3 is 4.74 Å². The Morgan fingerprint density at radius 3 is 2.60 bits per heavy atom. The van der Waals surface area contributed by atoms with Crippen molar-refractivity contribution in [1.82, 2.24) is 4.90 Å². The van der Waals surface area contributed by atoms with Gasteiger partial charge in [-0.15, -0.1) is 0 Å². The summed E-state index contributed by atoms with van der Waals surface area (Å²) in [6.07, 6.45) is 2.46. The molecule has 0 spiro atoms. The van der Waals surface area contributed by atoms with Crippen molar-refractivity contribution in [3.63, 3.8) is 0 Å². The van der Waals surface area contributed by atoms with Crippen molar-refractivity contribution < 1.29 is 19.1 Å². The summed E-state index contributed by atoms with van der Waals surface area (Å²) in [5.74, 6) is -0.206. The smallest absolute Gasteiger partial charge is 0.338 e. The molecule has 0 N–H and O–H groups in total. The highest BCUT2D eigenvalue weighted by molar-refractivity contribution is 6.22. The van der Waals surface area contributed by atoms with Crippen molar-refractivity contribution in [1.29, 1.82) is 0 Å². The van der Waals surface area contributed by atoms with E-state index in [0.29, 0.717) is 23.8 Å². The van der Waals surface area contributed by atoms with Gasteiger partial charge in [0, 0.05) is 6.54 Å². The molecule has 0 bridgehead atoms. The molecule has 2 amide bonds. The van der Waals surface area contributed by atoms with Crippen LogP contribution in [0.3, 0.4) is 0 Å². The number of ether oxygens (including phenoxy) is 1. The van der Waals surface area contributed by atoms with Crippen LogP contribution in [0, 0.1) is 5.92 Å². The molecule has 1 aromatic rings. The number of hydrogen-bond donors (Lipinski definition) is 0. The Bertz CT molecular complexity index is 671. The van der Waals surface area contributed by atoms with Crippen LogP contribution in [0.25, 0.3) is 0 Å². The molecule has 25 heavy (non-hydrogen) atoms. The minimum absolute atomic E-state index is 0.164. The van der Waals surface area contributed by atoms with Gasteiger partial charge in [-0.05, 0) is 56.5 Å². The van der Waals surface area contributed by atoms with Crippen LogP contribution in [0.15, 0.2) is 24.3 Å². The Morgan fingerprint density at radius 2 is 1.96 bits per heavy atom. The molecule has 2 fully saturated rings. The van der Waals surface area contributed by atoms with Crippen LogP contribution < -0.4 is 4.90 Å². The fourth-order valence-corrected chi connectivity index (χ4v) is 3.64. The fourth-order valence-electron chi connectivity index (χ4n) is 3.64. The Hall–Kier alpha value is -2.21. The number of carbonyl (C=O) groups is 3. The number of piperidine rings is 1. The van der Waals surface area contributed by atoms with Gasteiger partial charge in [0.1, 0.15) is 0 Å². The normalized spacial score (nSPS) is 24.6. The quantitative estimate of drug-likeness (QED) is 0.619. The van der Waals surface area contributed by atoms with Gasteiger partial charge in [0.2, 0.25) is 5.91 Å². The Labute approximate surface area is 147 Å². The number of hydrogen-bond acceptors (Lipinski definition) is 5. The summed E-state index contributed by atoms with van der Waals surface area (Å²) in [6.45, 7) is 5.96. The summed E-state index contributed by atoms with van der Waals surface area (Å²) in [6, 6.07) is 6.07. The lowest BCUT2D eigenvalue weighted by atomic mass is 9.98. The predicted octanol–water partition coefficient (Wildman–Crippen LogP) is 2.23. The molecule has 2 heterocycles. The van der Waals surface area contributed by atoms with Crippen molar-refractivity contribution in [3.8, 4) is 0 Å². The number of rotatable bonds is 4. The summed E-state index contributed by atoms with van der Waals surface area (Å²) in [5.41, 5.74) is 0.918. The van der Waals surface area contributed by atoms with Crippen LogP contribution >= 0.6 is 0 Å². The third-order valence-electron chi connectivity index (χ3n) is 4.89. The standard InChI is InChI=1S/C19H24N2O4/c1-3-25-19(24)14-6-8-15(9-7-14)21-17(22)11-16(18(21)23)20-10-4-5-13(2)12-20/h6-9,13,16H,3-5,10-12H2,1-2H3/t13-,16+/m1/s1. The van der Waals surface area contributed by atoms with Crippen LogP contribution in [0.2, 0.25) is 0 Å². The van der Waals surface area contributed by atoms with E-state index in [1.165, 1.54) is 11.3 Å². The second-order valence-electron chi connectivity index (χ2n) is 6.80. The minimum atomic E-state index is -0.409. The van der Waals surface area contributed by atoms with Gasteiger partial charge in [0.15, 0.2) is 0 Å². The molecule has 134 valence electrons. The van der Waals surface area contributed by atoms with E-state index in [0.717, 1.165) is 19.5 Å². The lowest BCUT2D eigenvalue weighted by Crippen LogP contribution is -2.46. The lowest BCUT2D eigenvalue weighted by Gasteiger charge is -2.34. The van der Waals surface area contributed by atoms with E-state index >= 15 is 0 Å². The molecule has 2 aliphatic rings. The minimum Gasteiger partial charge on any atom is -0.462 e. The van der Waals surface area contributed by atoms with Crippen molar-refractivity contribution in [2.75, 3.05) is 24.6 Å². The van der Waals surface area contributed by atoms with Gasteiger partial charge in [-0.25, -0.2) is 9.69 Å². The van der Waals surface area contributed by atoms with Crippen molar-refractivity contribution in [2.45, 2.75) is 39.2 Å². The maximum absolute atomic E-state index is 12.8. The van der Waals surface area contributed by atoms with Gasteiger partial charge >= 0.3 is 5.97 Å². The fraction of sp³-hybridized carbons (Fsp3) is 0.526. The highest BCUT2D eigenvalue weighted by atomic mass is 16.5. The monoisotopic (exact) mass is 344 g/mol. The molecule has 0 saturated carbocycles. The summed E-state index contributed by atoms with van der Waals surface area (Å²) in [4.78, 5) is 40.4. The molecule has 0 aliphatic carbocycles. The van der Waals surface area contributed by atoms with Gasteiger partial charge in [0.05, 0.1) is 30.3 Å². The summed E-state index contributed by atoms with van der Waals surface area (Å²) in [5, 5.41) is 0. The molecule has 6 heteroatoms. The van der Waals surface area contributed by atoms with Gasteiger partial charge in [-0.1, -0.05) is 6.92 Å². The zero-order valence-electron chi connectivity index (χ0n) is 14.7. The molecule has 6 nitrogen and oxygen atoms in total. The van der Waals surface area contributed by atoms with Crippen LogP contribution in [-0.4, -0.2) is 48.4 Å². The number of esters is 1. The average Bonchev–Trinajstić information content (AvgIpc) is 2.90. The maximum atomic E-state index is 12.8. The van der Waals surface area contributed by atoms with E-state index in [1.807, 2.05) is 0 Å². The second kappa shape index (κ2) is 7.35. The second-order valence-corrected chi connectivity index (χ2v) is 6.80. The van der Waals surface area contributed by atoms with Crippen molar-refractivity contribution >= 4 is 23.5 Å². The topological polar surface area (TPSA) is 66.9 Å². The van der Waals surface area contributed by atoms with Gasteiger partial charge in [0.25, 0.3) is 5.91 Å². The SMILES string of the molecule is CCOC(=O)c1ccc(N2C(=O)C[C@H](N3CCC[C@@H](C)C3)C2=O)cc1. The van der Waals surface area contributed by atoms with E-state index in [9.17, 15) is 14.4 Å². The molecule has 0 unspecified atom stereocenters. The molecular weight excluding hydrogens is 320 g/mol. The van der Waals surface area contributed by atoms with E-state index in [4.69, 9.17) is 4.74 Å². The van der Waals surface area contributed by atoms with Gasteiger partial charge in [-0.2, -0.15) is 0 Å². The highest BCUT2D eigenvalue weighted by Gasteiger charge is 2.43. The molecule has 2 atom stereocenters. The van der Waals surface area contributed by atoms with Crippen molar-refractivity contribution in [3.05, 3.63) is 29.8 Å². The third-order valence-corrected chi connectivity index (χ3v) is 4.89. The summed E-state index contributed by atoms with van der Waals surface area (Å²) in [7, 11) is 0. The number of nitrogens with zero attached hydrogens (tertiary/aromatic N) is 2. The Morgan fingerprint density at radius 1 is 1.24 bits per heavy atom. The number of likely N-dealkylation sites (tertiary alicyclic amines) is 1. The molecule has 0 aromatic heterocycles. The largest absolute Gasteiger partial charge is 0.462 e. The zero-order chi connectivity index (χ0) is 18.0. The number of benzene rings is 1. The Kier molecular flexibility index (Phi) is 5.18. The van der Waals surface area contributed by atoms with E-state index in [-0.39, 0.29) is 24.3 Å². The first-order valence-electron chi connectivity index (χ1n) is 8.89. The first-order valence-corrected chi connectivity index (χ1v) is 8.89. The zero-order valence-corrected chi connectivity index (χ0v) is 14.7. The van der Waals surface area contributed by atoms with E-state index in [2.05, 4.69) is 11.8 Å². The number of imide groups is 1. The molecule has 0 radical (unpaired) electrons. The average molecular weight is 344 g/mol. The summed E-state index contributed by atoms with van der Waals surface area (Å²) < 4.78 is 4.95. The van der Waals surface area contributed by atoms with Crippen LogP contribution in [-0.2, 0) is 14.3 Å². The first-order chi connectivity index (χ1) is 12.0. The lowest BCUT2D eigenvalue weighted by molar-refractivity contribution is -0.123. The molecule has 2 saturated heterocycles. The van der Waals surface area contributed by atoms with Crippen LogP contribution in [0.5, 0.6) is 0 Å². The third kappa shape index (κ3) is 3.58. The van der Waals surface area contributed by atoms with E-state index in [1.54, 1.807) is 31.2 Å². The maximum Gasteiger partial charge on any atom is 0.338 e. The number of amides is 2. The van der Waals surface area contributed by atoms with Gasteiger partial charge in [-0.3, -0.25) is 14.5 Å². The highest BCUT2D eigenvalue weighted by Crippen LogP contribution is 2.28. The Balaban J connectivity index is 1.75. The first kappa shape index (κ1) is 17.6. The molecule has 2 aliphatic heterocycles. The molecule has 1 aromatic carbocycles. The van der Waals surface area contributed by atoms with E-state index < -0.39 is 5.97 Å². The number of carbonyl (C=O) groups excluding carboxylic acids is 3. The van der Waals surface area contributed by atoms with Crippen LogP contribution in [0.1, 0.15) is 43.5 Å². The van der Waals surface area contributed by atoms with Crippen LogP contribution in [0.4, 0.5) is 5.69 Å². The summed E-state index contributed by atoms with van der Waals surface area (Å²) >= 11 is 0. The number of anilines is 1. The van der Waals surface area contributed by atoms with Crippen molar-refractivity contribution in [2.24, 2.45) is 5.92 Å².